The monoisotopic (exact) mass is 228 g/mol. The van der Waals surface area contributed by atoms with Gasteiger partial charge in [0.2, 0.25) is 0 Å². The van der Waals surface area contributed by atoms with E-state index >= 15 is 0 Å². The lowest BCUT2D eigenvalue weighted by atomic mass is 10.0. The lowest BCUT2D eigenvalue weighted by molar-refractivity contribution is 0.414. The molecule has 0 aromatic carbocycles. The number of nitrogens with zero attached hydrogens (tertiary/aromatic N) is 2. The van der Waals surface area contributed by atoms with E-state index in [1.54, 1.807) is 13.3 Å². The molecule has 0 spiro atoms. The average molecular weight is 228 g/mol. The van der Waals surface area contributed by atoms with Crippen LogP contribution in [0.1, 0.15) is 17.0 Å². The molecule has 0 bridgehead atoms. The zero-order valence-corrected chi connectivity index (χ0v) is 10.6. The molecular formula is C14H16N2O. The molecule has 0 radical (unpaired) electrons. The molecule has 0 saturated carbocycles. The number of aromatic nitrogens is 2. The maximum absolute atomic E-state index is 5.37. The van der Waals surface area contributed by atoms with E-state index in [1.165, 1.54) is 0 Å². The van der Waals surface area contributed by atoms with E-state index in [-0.39, 0.29) is 0 Å². The summed E-state index contributed by atoms with van der Waals surface area (Å²) in [6.07, 6.45) is 3.65. The zero-order valence-electron chi connectivity index (χ0n) is 10.6. The summed E-state index contributed by atoms with van der Waals surface area (Å²) in [5.41, 5.74) is 5.35. The summed E-state index contributed by atoms with van der Waals surface area (Å²) in [4.78, 5) is 8.53. The number of hydrogen-bond donors (Lipinski definition) is 0. The van der Waals surface area contributed by atoms with Crippen LogP contribution in [0.25, 0.3) is 11.1 Å². The van der Waals surface area contributed by atoms with Crippen LogP contribution in [0.5, 0.6) is 5.75 Å². The van der Waals surface area contributed by atoms with Crippen molar-refractivity contribution in [3.63, 3.8) is 0 Å². The van der Waals surface area contributed by atoms with Gasteiger partial charge in [0.1, 0.15) is 5.75 Å². The summed E-state index contributed by atoms with van der Waals surface area (Å²) in [5.74, 6) is 0.796. The van der Waals surface area contributed by atoms with E-state index < -0.39 is 0 Å². The Morgan fingerprint density at radius 3 is 2.12 bits per heavy atom. The molecule has 0 aliphatic heterocycles. The second kappa shape index (κ2) is 4.53. The Labute approximate surface area is 102 Å². The number of methoxy groups -OCH3 is 1. The molecule has 2 aromatic heterocycles. The van der Waals surface area contributed by atoms with Gasteiger partial charge >= 0.3 is 0 Å². The largest absolute Gasteiger partial charge is 0.494 e. The average Bonchev–Trinajstić information content (AvgIpc) is 2.32. The molecule has 2 aromatic rings. The molecule has 0 fully saturated rings. The van der Waals surface area contributed by atoms with Gasteiger partial charge in [-0.2, -0.15) is 0 Å². The number of ether oxygens (including phenoxy) is 1. The summed E-state index contributed by atoms with van der Waals surface area (Å²) in [6, 6.07) is 4.12. The topological polar surface area (TPSA) is 35.0 Å². The molecule has 0 aliphatic carbocycles. The lowest BCUT2D eigenvalue weighted by Crippen LogP contribution is -1.94. The van der Waals surface area contributed by atoms with Crippen LogP contribution in [0, 0.1) is 20.8 Å². The number of rotatable bonds is 2. The number of hydrogen-bond acceptors (Lipinski definition) is 3. The summed E-state index contributed by atoms with van der Waals surface area (Å²) in [5, 5.41) is 0. The Hall–Kier alpha value is -1.90. The van der Waals surface area contributed by atoms with Crippen molar-refractivity contribution in [3.8, 4) is 16.9 Å². The molecule has 3 nitrogen and oxygen atoms in total. The molecule has 0 amide bonds. The first-order valence-electron chi connectivity index (χ1n) is 5.56. The van der Waals surface area contributed by atoms with Crippen LogP contribution in [-0.2, 0) is 0 Å². The van der Waals surface area contributed by atoms with Crippen molar-refractivity contribution in [2.75, 3.05) is 7.11 Å². The number of pyridine rings is 2. The van der Waals surface area contributed by atoms with Crippen LogP contribution in [0.3, 0.4) is 0 Å². The van der Waals surface area contributed by atoms with Gasteiger partial charge in [0.15, 0.2) is 0 Å². The minimum absolute atomic E-state index is 0.796. The summed E-state index contributed by atoms with van der Waals surface area (Å²) >= 11 is 0. The van der Waals surface area contributed by atoms with Crippen LogP contribution in [-0.4, -0.2) is 17.1 Å². The third kappa shape index (κ3) is 2.28. The molecule has 0 saturated heterocycles. The van der Waals surface area contributed by atoms with Gasteiger partial charge in [-0.3, -0.25) is 9.97 Å². The van der Waals surface area contributed by atoms with Gasteiger partial charge in [-0.1, -0.05) is 0 Å². The molecule has 88 valence electrons. The van der Waals surface area contributed by atoms with Crippen LogP contribution in [0.15, 0.2) is 24.5 Å². The van der Waals surface area contributed by atoms with Crippen molar-refractivity contribution in [2.24, 2.45) is 0 Å². The first-order chi connectivity index (χ1) is 8.11. The molecule has 0 aliphatic rings. The Morgan fingerprint density at radius 2 is 1.47 bits per heavy atom. The third-order valence-electron chi connectivity index (χ3n) is 2.75. The van der Waals surface area contributed by atoms with Crippen LogP contribution < -0.4 is 4.74 Å². The second-order valence-corrected chi connectivity index (χ2v) is 4.17. The van der Waals surface area contributed by atoms with Crippen LogP contribution in [0.4, 0.5) is 0 Å². The van der Waals surface area contributed by atoms with Gasteiger partial charge in [-0.05, 0) is 44.0 Å². The zero-order chi connectivity index (χ0) is 12.4. The molecule has 3 heteroatoms. The highest BCUT2D eigenvalue weighted by Gasteiger charge is 2.10. The predicted molar refractivity (Wildman–Crippen MR) is 68.2 cm³/mol. The molecule has 0 unspecified atom stereocenters. The van der Waals surface area contributed by atoms with E-state index in [1.807, 2.05) is 26.1 Å². The van der Waals surface area contributed by atoms with Crippen LogP contribution >= 0.6 is 0 Å². The smallest absolute Gasteiger partial charge is 0.144 e. The summed E-state index contributed by atoms with van der Waals surface area (Å²) in [7, 11) is 1.67. The molecule has 0 atom stereocenters. The quantitative estimate of drug-likeness (QED) is 0.792. The Morgan fingerprint density at radius 1 is 0.882 bits per heavy atom. The lowest BCUT2D eigenvalue weighted by Gasteiger charge is -2.11. The fraction of sp³-hybridized carbons (Fsp3) is 0.286. The molecule has 0 N–H and O–H groups in total. The maximum Gasteiger partial charge on any atom is 0.144 e. The highest BCUT2D eigenvalue weighted by molar-refractivity contribution is 5.73. The first-order valence-corrected chi connectivity index (χ1v) is 5.56. The standard InChI is InChI=1S/C14H16N2O/c1-9-7-15-10(2)5-12(9)13-6-11(3)16-8-14(13)17-4/h5-8H,1-4H3. The van der Waals surface area contributed by atoms with Crippen molar-refractivity contribution < 1.29 is 4.74 Å². The van der Waals surface area contributed by atoms with E-state index in [4.69, 9.17) is 4.74 Å². The van der Waals surface area contributed by atoms with Gasteiger partial charge in [0, 0.05) is 23.1 Å². The van der Waals surface area contributed by atoms with E-state index in [0.29, 0.717) is 0 Å². The van der Waals surface area contributed by atoms with Crippen molar-refractivity contribution in [2.45, 2.75) is 20.8 Å². The molecule has 17 heavy (non-hydrogen) atoms. The van der Waals surface area contributed by atoms with Crippen molar-refractivity contribution in [1.29, 1.82) is 0 Å². The second-order valence-electron chi connectivity index (χ2n) is 4.17. The predicted octanol–water partition coefficient (Wildman–Crippen LogP) is 3.08. The van der Waals surface area contributed by atoms with Gasteiger partial charge in [-0.15, -0.1) is 0 Å². The SMILES string of the molecule is COc1cnc(C)cc1-c1cc(C)ncc1C. The Balaban J connectivity index is 2.66. The Kier molecular flexibility index (Phi) is 3.09. The fourth-order valence-corrected chi connectivity index (χ4v) is 1.84. The van der Waals surface area contributed by atoms with Crippen molar-refractivity contribution >= 4 is 0 Å². The summed E-state index contributed by atoms with van der Waals surface area (Å²) in [6.45, 7) is 6.02. The van der Waals surface area contributed by atoms with E-state index in [9.17, 15) is 0 Å². The Bertz CT molecular complexity index is 550. The molecule has 2 rings (SSSR count). The van der Waals surface area contributed by atoms with Crippen molar-refractivity contribution in [3.05, 3.63) is 41.5 Å². The third-order valence-corrected chi connectivity index (χ3v) is 2.75. The summed E-state index contributed by atoms with van der Waals surface area (Å²) < 4.78 is 5.37. The van der Waals surface area contributed by atoms with E-state index in [2.05, 4.69) is 23.0 Å². The minimum atomic E-state index is 0.796. The van der Waals surface area contributed by atoms with Gasteiger partial charge in [0.25, 0.3) is 0 Å². The van der Waals surface area contributed by atoms with Gasteiger partial charge in [0.05, 0.1) is 13.3 Å². The fourth-order valence-electron chi connectivity index (χ4n) is 1.84. The highest BCUT2D eigenvalue weighted by Crippen LogP contribution is 2.32. The van der Waals surface area contributed by atoms with Crippen molar-refractivity contribution in [1.82, 2.24) is 9.97 Å². The highest BCUT2D eigenvalue weighted by atomic mass is 16.5. The van der Waals surface area contributed by atoms with Gasteiger partial charge in [-0.25, -0.2) is 0 Å². The molecular weight excluding hydrogens is 212 g/mol. The maximum atomic E-state index is 5.37. The molecule has 2 heterocycles. The minimum Gasteiger partial charge on any atom is -0.494 e. The van der Waals surface area contributed by atoms with Gasteiger partial charge < -0.3 is 4.74 Å². The number of aryl methyl sites for hydroxylation is 3. The van der Waals surface area contributed by atoms with E-state index in [0.717, 1.165) is 33.8 Å². The van der Waals surface area contributed by atoms with Crippen LogP contribution in [0.2, 0.25) is 0 Å². The normalized spacial score (nSPS) is 10.4. The first kappa shape index (κ1) is 11.6.